The Morgan fingerprint density at radius 3 is 1.57 bits per heavy atom. The van der Waals surface area contributed by atoms with E-state index in [4.69, 9.17) is 0 Å². The Morgan fingerprint density at radius 2 is 1.02 bits per heavy atom. The molecule has 0 N–H and O–H groups in total. The van der Waals surface area contributed by atoms with Gasteiger partial charge in [-0.1, -0.05) is 84.0 Å². The molecule has 5 aromatic carbocycles. The fourth-order valence-electron chi connectivity index (χ4n) is 6.53. The molecule has 0 saturated carbocycles. The van der Waals surface area contributed by atoms with Gasteiger partial charge in [0.05, 0.1) is 51.0 Å². The van der Waals surface area contributed by atoms with Crippen LogP contribution in [-0.4, -0.2) is 9.13 Å². The molecular formula is C40H34N4. The van der Waals surface area contributed by atoms with Gasteiger partial charge in [-0.2, -0.15) is 10.5 Å². The van der Waals surface area contributed by atoms with Crippen LogP contribution in [0.4, 0.5) is 0 Å². The molecule has 0 aliphatic carbocycles. The second-order valence-electron chi connectivity index (χ2n) is 13.8. The molecule has 0 spiro atoms. The molecule has 4 heteroatoms. The molecule has 0 aliphatic rings. The highest BCUT2D eigenvalue weighted by Crippen LogP contribution is 2.41. The summed E-state index contributed by atoms with van der Waals surface area (Å²) < 4.78 is 4.60. The standard InChI is InChI=1S/C40H34N4/c1-39(2,3)27-14-16-35-32(21-27)33-22-28(40(4,5)6)15-17-36(33)44(35)37-13-9-11-31-30-10-7-8-12-34(30)43(38(31)37)29-19-25(23-41)18-26(20-29)24-42/h7-22H,1-6H3. The quantitative estimate of drug-likeness (QED) is 0.208. The predicted molar refractivity (Wildman–Crippen MR) is 182 cm³/mol. The molecule has 0 aliphatic heterocycles. The number of nitrogens with zero attached hydrogens (tertiary/aromatic N) is 4. The van der Waals surface area contributed by atoms with E-state index in [0.29, 0.717) is 11.1 Å². The van der Waals surface area contributed by atoms with E-state index < -0.39 is 0 Å². The molecule has 0 bridgehead atoms. The summed E-state index contributed by atoms with van der Waals surface area (Å²) in [5, 5.41) is 24.4. The number of hydrogen-bond donors (Lipinski definition) is 0. The van der Waals surface area contributed by atoms with Gasteiger partial charge in [-0.3, -0.25) is 0 Å². The Balaban J connectivity index is 1.67. The van der Waals surface area contributed by atoms with E-state index >= 15 is 0 Å². The fraction of sp³-hybridized carbons (Fsp3) is 0.200. The van der Waals surface area contributed by atoms with Crippen molar-refractivity contribution in [2.45, 2.75) is 52.4 Å². The molecule has 7 aromatic rings. The third-order valence-corrected chi connectivity index (χ3v) is 8.85. The van der Waals surface area contributed by atoms with E-state index in [1.807, 2.05) is 18.2 Å². The minimum absolute atomic E-state index is 0.0148. The third-order valence-electron chi connectivity index (χ3n) is 8.85. The lowest BCUT2D eigenvalue weighted by Crippen LogP contribution is -2.10. The van der Waals surface area contributed by atoms with Crippen molar-refractivity contribution in [3.8, 4) is 23.5 Å². The van der Waals surface area contributed by atoms with Gasteiger partial charge < -0.3 is 9.13 Å². The lowest BCUT2D eigenvalue weighted by atomic mass is 9.85. The molecule has 4 nitrogen and oxygen atoms in total. The van der Waals surface area contributed by atoms with E-state index in [9.17, 15) is 10.5 Å². The molecular weight excluding hydrogens is 536 g/mol. The van der Waals surface area contributed by atoms with Crippen molar-refractivity contribution < 1.29 is 0 Å². The van der Waals surface area contributed by atoms with Gasteiger partial charge in [0.15, 0.2) is 0 Å². The van der Waals surface area contributed by atoms with Crippen LogP contribution in [0.15, 0.2) is 97.1 Å². The molecule has 214 valence electrons. The monoisotopic (exact) mass is 570 g/mol. The smallest absolute Gasteiger partial charge is 0.0992 e. The average molecular weight is 571 g/mol. The molecule has 0 radical (unpaired) electrons. The normalized spacial score (nSPS) is 12.3. The van der Waals surface area contributed by atoms with Gasteiger partial charge >= 0.3 is 0 Å². The number of aromatic nitrogens is 2. The second-order valence-corrected chi connectivity index (χ2v) is 13.8. The summed E-state index contributed by atoms with van der Waals surface area (Å²) >= 11 is 0. The molecule has 0 atom stereocenters. The highest BCUT2D eigenvalue weighted by atomic mass is 15.1. The van der Waals surface area contributed by atoms with Gasteiger partial charge in [0.1, 0.15) is 0 Å². The minimum atomic E-state index is 0.0148. The summed E-state index contributed by atoms with van der Waals surface area (Å²) in [6, 6.07) is 38.5. The van der Waals surface area contributed by atoms with E-state index in [1.54, 1.807) is 6.07 Å². The Hall–Kier alpha value is -5.32. The van der Waals surface area contributed by atoms with Crippen molar-refractivity contribution in [2.75, 3.05) is 0 Å². The predicted octanol–water partition coefficient (Wildman–Crippen LogP) is 10.2. The Bertz CT molecular complexity index is 2270. The summed E-state index contributed by atoms with van der Waals surface area (Å²) in [6.07, 6.45) is 0. The highest BCUT2D eigenvalue weighted by Gasteiger charge is 2.23. The lowest BCUT2D eigenvalue weighted by Gasteiger charge is -2.19. The van der Waals surface area contributed by atoms with Gasteiger partial charge in [-0.15, -0.1) is 0 Å². The minimum Gasteiger partial charge on any atom is -0.307 e. The van der Waals surface area contributed by atoms with Crippen molar-refractivity contribution >= 4 is 43.6 Å². The first-order valence-corrected chi connectivity index (χ1v) is 15.1. The van der Waals surface area contributed by atoms with E-state index in [-0.39, 0.29) is 10.8 Å². The largest absolute Gasteiger partial charge is 0.307 e. The summed E-state index contributed by atoms with van der Waals surface area (Å²) in [7, 11) is 0. The number of fused-ring (bicyclic) bond motifs is 6. The van der Waals surface area contributed by atoms with Gasteiger partial charge in [0.2, 0.25) is 0 Å². The molecule has 0 unspecified atom stereocenters. The number of benzene rings is 5. The summed E-state index contributed by atoms with van der Waals surface area (Å²) in [6.45, 7) is 13.6. The number of hydrogen-bond acceptors (Lipinski definition) is 2. The maximum atomic E-state index is 9.83. The van der Waals surface area contributed by atoms with Crippen molar-refractivity contribution in [1.29, 1.82) is 10.5 Å². The summed E-state index contributed by atoms with van der Waals surface area (Å²) in [4.78, 5) is 0. The van der Waals surface area contributed by atoms with Gasteiger partial charge in [0.25, 0.3) is 0 Å². The van der Waals surface area contributed by atoms with Crippen LogP contribution < -0.4 is 0 Å². The van der Waals surface area contributed by atoms with Crippen molar-refractivity contribution in [2.24, 2.45) is 0 Å². The third kappa shape index (κ3) is 4.18. The van der Waals surface area contributed by atoms with Crippen LogP contribution in [0.5, 0.6) is 0 Å². The van der Waals surface area contributed by atoms with E-state index in [0.717, 1.165) is 44.2 Å². The first-order valence-electron chi connectivity index (χ1n) is 15.1. The maximum absolute atomic E-state index is 9.83. The zero-order valence-corrected chi connectivity index (χ0v) is 26.0. The Labute approximate surface area is 258 Å². The molecule has 0 fully saturated rings. The van der Waals surface area contributed by atoms with Crippen molar-refractivity contribution in [3.05, 3.63) is 119 Å². The molecule has 44 heavy (non-hydrogen) atoms. The Morgan fingerprint density at radius 1 is 0.500 bits per heavy atom. The van der Waals surface area contributed by atoms with Crippen LogP contribution in [0.1, 0.15) is 63.8 Å². The van der Waals surface area contributed by atoms with Gasteiger partial charge in [-0.25, -0.2) is 0 Å². The number of para-hydroxylation sites is 2. The first-order chi connectivity index (χ1) is 21.0. The maximum Gasteiger partial charge on any atom is 0.0992 e. The molecule has 0 saturated heterocycles. The van der Waals surface area contributed by atoms with Crippen LogP contribution in [-0.2, 0) is 10.8 Å². The van der Waals surface area contributed by atoms with Crippen LogP contribution in [0.2, 0.25) is 0 Å². The molecule has 0 amide bonds. The van der Waals surface area contributed by atoms with Crippen LogP contribution in [0, 0.1) is 22.7 Å². The SMILES string of the molecule is CC(C)(C)c1ccc2c(c1)c1cc(C(C)(C)C)ccc1n2-c1cccc2c3ccccc3n(-c3cc(C#N)cc(C#N)c3)c12. The van der Waals surface area contributed by atoms with Crippen molar-refractivity contribution in [1.82, 2.24) is 9.13 Å². The molecule has 2 heterocycles. The summed E-state index contributed by atoms with van der Waals surface area (Å²) in [5.41, 5.74) is 9.75. The number of rotatable bonds is 2. The van der Waals surface area contributed by atoms with Crippen LogP contribution in [0.3, 0.4) is 0 Å². The highest BCUT2D eigenvalue weighted by molar-refractivity contribution is 6.15. The lowest BCUT2D eigenvalue weighted by molar-refractivity contribution is 0.590. The zero-order chi connectivity index (χ0) is 31.0. The Kier molecular flexibility index (Phi) is 6.00. The van der Waals surface area contributed by atoms with Gasteiger partial charge in [-0.05, 0) is 76.6 Å². The van der Waals surface area contributed by atoms with Gasteiger partial charge in [0, 0.05) is 27.2 Å². The van der Waals surface area contributed by atoms with E-state index in [1.165, 1.54) is 21.9 Å². The first kappa shape index (κ1) is 27.5. The summed E-state index contributed by atoms with van der Waals surface area (Å²) in [5.74, 6) is 0. The van der Waals surface area contributed by atoms with Crippen molar-refractivity contribution in [3.63, 3.8) is 0 Å². The van der Waals surface area contributed by atoms with E-state index in [2.05, 4.69) is 136 Å². The van der Waals surface area contributed by atoms with Crippen LogP contribution in [0.25, 0.3) is 55.0 Å². The second kappa shape index (κ2) is 9.60. The average Bonchev–Trinajstić information content (AvgIpc) is 3.52. The molecule has 2 aromatic heterocycles. The topological polar surface area (TPSA) is 57.4 Å². The number of nitriles is 2. The fourth-order valence-corrected chi connectivity index (χ4v) is 6.53. The molecule has 7 rings (SSSR count). The zero-order valence-electron chi connectivity index (χ0n) is 26.0. The van der Waals surface area contributed by atoms with Crippen LogP contribution >= 0.6 is 0 Å².